The molecule has 0 saturated carbocycles. The van der Waals surface area contributed by atoms with E-state index in [1.54, 1.807) is 12.3 Å². The van der Waals surface area contributed by atoms with Gasteiger partial charge in [0, 0.05) is 44.3 Å². The zero-order chi connectivity index (χ0) is 18.5. The number of hydrogen-bond acceptors (Lipinski definition) is 6. The summed E-state index contributed by atoms with van der Waals surface area (Å²) in [6.07, 6.45) is 4.94. The zero-order valence-corrected chi connectivity index (χ0v) is 14.9. The van der Waals surface area contributed by atoms with Crippen molar-refractivity contribution in [3.8, 4) is 6.07 Å². The topological polar surface area (TPSA) is 96.1 Å². The molecule has 1 fully saturated rings. The highest BCUT2D eigenvalue weighted by atomic mass is 16.5. The van der Waals surface area contributed by atoms with Gasteiger partial charge in [-0.05, 0) is 18.7 Å². The van der Waals surface area contributed by atoms with Gasteiger partial charge < -0.3 is 14.6 Å². The van der Waals surface area contributed by atoms with Gasteiger partial charge in [-0.1, -0.05) is 6.92 Å². The lowest BCUT2D eigenvalue weighted by Crippen LogP contribution is -2.50. The minimum atomic E-state index is -0.250. The number of aryl methyl sites for hydroxylation is 1. The number of imidazole rings is 1. The van der Waals surface area contributed by atoms with Crippen LogP contribution in [0.4, 0.5) is 0 Å². The van der Waals surface area contributed by atoms with Gasteiger partial charge in [0.1, 0.15) is 17.6 Å². The normalized spacial score (nSPS) is 20.5. The molecule has 1 amide bonds. The summed E-state index contributed by atoms with van der Waals surface area (Å²) in [6, 6.07) is 4.98. The second kappa shape index (κ2) is 8.08. The molecule has 0 aromatic carbocycles. The molecule has 1 aliphatic rings. The van der Waals surface area contributed by atoms with Gasteiger partial charge in [0.15, 0.2) is 0 Å². The van der Waals surface area contributed by atoms with Crippen molar-refractivity contribution in [1.82, 2.24) is 24.8 Å². The molecule has 0 aliphatic carbocycles. The molecule has 0 unspecified atom stereocenters. The number of nitrogens with one attached hydrogen (secondary N) is 1. The minimum Gasteiger partial charge on any atom is -0.373 e. The number of likely N-dealkylation sites (N-methyl/N-ethyl adjacent to an activating group) is 1. The highest BCUT2D eigenvalue weighted by Gasteiger charge is 2.35. The number of nitrogens with zero attached hydrogens (tertiary/aromatic N) is 5. The van der Waals surface area contributed by atoms with Gasteiger partial charge >= 0.3 is 0 Å². The fourth-order valence-electron chi connectivity index (χ4n) is 3.23. The molecule has 0 radical (unpaired) electrons. The van der Waals surface area contributed by atoms with Crippen LogP contribution in [0, 0.1) is 11.3 Å². The molecular weight excluding hydrogens is 332 g/mol. The third kappa shape index (κ3) is 3.74. The number of amides is 1. The average Bonchev–Trinajstić information content (AvgIpc) is 3.11. The van der Waals surface area contributed by atoms with Crippen LogP contribution in [-0.2, 0) is 11.8 Å². The Morgan fingerprint density at radius 1 is 1.46 bits per heavy atom. The molecule has 8 heteroatoms. The molecule has 8 nitrogen and oxygen atoms in total. The van der Waals surface area contributed by atoms with Gasteiger partial charge in [-0.15, -0.1) is 0 Å². The average molecular weight is 354 g/mol. The van der Waals surface area contributed by atoms with E-state index in [4.69, 9.17) is 10.00 Å². The highest BCUT2D eigenvalue weighted by Crippen LogP contribution is 2.27. The smallest absolute Gasteiger partial charge is 0.251 e. The predicted molar refractivity (Wildman–Crippen MR) is 94.2 cm³/mol. The molecule has 0 bridgehead atoms. The Morgan fingerprint density at radius 2 is 2.31 bits per heavy atom. The summed E-state index contributed by atoms with van der Waals surface area (Å²) in [5.41, 5.74) is 0.628. The Bertz CT molecular complexity index is 812. The van der Waals surface area contributed by atoms with Crippen LogP contribution >= 0.6 is 0 Å². The van der Waals surface area contributed by atoms with Crippen molar-refractivity contribution in [2.75, 3.05) is 26.2 Å². The maximum absolute atomic E-state index is 12.4. The zero-order valence-electron chi connectivity index (χ0n) is 14.9. The highest BCUT2D eigenvalue weighted by molar-refractivity contribution is 5.94. The molecule has 2 atom stereocenters. The molecule has 2 aromatic rings. The molecule has 1 saturated heterocycles. The first-order valence-electron chi connectivity index (χ1n) is 8.61. The van der Waals surface area contributed by atoms with E-state index < -0.39 is 0 Å². The predicted octanol–water partition coefficient (Wildman–Crippen LogP) is 0.879. The van der Waals surface area contributed by atoms with Crippen molar-refractivity contribution in [3.05, 3.63) is 47.8 Å². The SMILES string of the molecule is CCN1CCO[C@@H](CNC(=O)c2ccnc(C#N)c2)[C@@H]1c1nccn1C. The lowest BCUT2D eigenvalue weighted by Gasteiger charge is -2.40. The molecular formula is C18H22N6O2. The Balaban J connectivity index is 1.73. The van der Waals surface area contributed by atoms with Gasteiger partial charge in [0.05, 0.1) is 18.8 Å². The van der Waals surface area contributed by atoms with E-state index in [1.165, 1.54) is 12.3 Å². The maximum atomic E-state index is 12.4. The van der Waals surface area contributed by atoms with E-state index in [2.05, 4.69) is 27.1 Å². The van der Waals surface area contributed by atoms with Crippen LogP contribution in [0.3, 0.4) is 0 Å². The summed E-state index contributed by atoms with van der Waals surface area (Å²) < 4.78 is 7.94. The van der Waals surface area contributed by atoms with E-state index >= 15 is 0 Å². The first-order chi connectivity index (χ1) is 12.6. The van der Waals surface area contributed by atoms with Crippen LogP contribution in [0.15, 0.2) is 30.7 Å². The summed E-state index contributed by atoms with van der Waals surface area (Å²) in [6.45, 7) is 4.78. The largest absolute Gasteiger partial charge is 0.373 e. The van der Waals surface area contributed by atoms with Gasteiger partial charge in [0.2, 0.25) is 0 Å². The summed E-state index contributed by atoms with van der Waals surface area (Å²) in [7, 11) is 1.96. The van der Waals surface area contributed by atoms with Gasteiger partial charge in [0.25, 0.3) is 5.91 Å². The van der Waals surface area contributed by atoms with Crippen molar-refractivity contribution in [1.29, 1.82) is 5.26 Å². The van der Waals surface area contributed by atoms with Crippen LogP contribution < -0.4 is 5.32 Å². The first-order valence-corrected chi connectivity index (χ1v) is 8.61. The fraction of sp³-hybridized carbons (Fsp3) is 0.444. The molecule has 1 aliphatic heterocycles. The van der Waals surface area contributed by atoms with Crippen molar-refractivity contribution in [2.24, 2.45) is 7.05 Å². The van der Waals surface area contributed by atoms with Crippen LogP contribution in [0.2, 0.25) is 0 Å². The number of pyridine rings is 1. The number of morpholine rings is 1. The van der Waals surface area contributed by atoms with E-state index in [0.717, 1.165) is 18.9 Å². The van der Waals surface area contributed by atoms with Crippen molar-refractivity contribution >= 4 is 5.91 Å². The van der Waals surface area contributed by atoms with Gasteiger partial charge in [-0.2, -0.15) is 5.26 Å². The Labute approximate surface area is 152 Å². The minimum absolute atomic E-state index is 0.0267. The van der Waals surface area contributed by atoms with Crippen LogP contribution in [-0.4, -0.2) is 57.7 Å². The summed E-state index contributed by atoms with van der Waals surface area (Å²) in [4.78, 5) is 23.1. The second-order valence-corrected chi connectivity index (χ2v) is 6.13. The standard InChI is InChI=1S/C18H22N6O2/c1-3-24-8-9-26-15(16(24)17-21-6-7-23(17)2)12-22-18(25)13-4-5-20-14(10-13)11-19/h4-7,10,15-16H,3,8-9,12H2,1-2H3,(H,22,25)/t15-,16+/m0/s1. The maximum Gasteiger partial charge on any atom is 0.251 e. The van der Waals surface area contributed by atoms with Crippen molar-refractivity contribution < 1.29 is 9.53 Å². The number of carbonyl (C=O) groups excluding carboxylic acids is 1. The van der Waals surface area contributed by atoms with Gasteiger partial charge in [-0.25, -0.2) is 9.97 Å². The third-order valence-electron chi connectivity index (χ3n) is 4.59. The van der Waals surface area contributed by atoms with Crippen LogP contribution in [0.1, 0.15) is 34.8 Å². The van der Waals surface area contributed by atoms with E-state index in [1.807, 2.05) is 23.9 Å². The van der Waals surface area contributed by atoms with E-state index in [0.29, 0.717) is 18.7 Å². The van der Waals surface area contributed by atoms with Crippen LogP contribution in [0.25, 0.3) is 0 Å². The second-order valence-electron chi connectivity index (χ2n) is 6.13. The Hall–Kier alpha value is -2.76. The molecule has 1 N–H and O–H groups in total. The number of nitriles is 1. The summed E-state index contributed by atoms with van der Waals surface area (Å²) >= 11 is 0. The number of carbonyl (C=O) groups is 1. The third-order valence-corrected chi connectivity index (χ3v) is 4.59. The number of hydrogen-bond donors (Lipinski definition) is 1. The lowest BCUT2D eigenvalue weighted by molar-refractivity contribution is -0.0720. The summed E-state index contributed by atoms with van der Waals surface area (Å²) in [5.74, 6) is 0.668. The Kier molecular flexibility index (Phi) is 5.61. The molecule has 2 aromatic heterocycles. The summed E-state index contributed by atoms with van der Waals surface area (Å²) in [5, 5.41) is 11.8. The van der Waals surface area contributed by atoms with E-state index in [9.17, 15) is 4.79 Å². The van der Waals surface area contributed by atoms with Crippen LogP contribution in [0.5, 0.6) is 0 Å². The van der Waals surface area contributed by atoms with E-state index in [-0.39, 0.29) is 23.7 Å². The number of aromatic nitrogens is 3. The quantitative estimate of drug-likeness (QED) is 0.856. The molecule has 3 rings (SSSR count). The molecule has 136 valence electrons. The number of rotatable bonds is 5. The monoisotopic (exact) mass is 354 g/mol. The molecule has 0 spiro atoms. The van der Waals surface area contributed by atoms with Gasteiger partial charge in [-0.3, -0.25) is 9.69 Å². The Morgan fingerprint density at radius 3 is 3.00 bits per heavy atom. The van der Waals surface area contributed by atoms with Crippen molar-refractivity contribution in [3.63, 3.8) is 0 Å². The number of ether oxygens (including phenoxy) is 1. The molecule has 3 heterocycles. The lowest BCUT2D eigenvalue weighted by atomic mass is 10.1. The fourth-order valence-corrected chi connectivity index (χ4v) is 3.23. The first kappa shape index (κ1) is 18.0. The van der Waals surface area contributed by atoms with Crippen molar-refractivity contribution in [2.45, 2.75) is 19.1 Å². The molecule has 26 heavy (non-hydrogen) atoms.